The second-order valence-electron chi connectivity index (χ2n) is 17.2. The largest absolute Gasteiger partial charge is 0.346 e. The van der Waals surface area contributed by atoms with Crippen LogP contribution in [0.3, 0.4) is 0 Å². The number of rotatable bonds is 15. The average molecular weight is 722 g/mol. The highest BCUT2D eigenvalue weighted by Gasteiger charge is 2.49. The minimum atomic E-state index is -3.57. The third kappa shape index (κ3) is 10.8. The number of hydrogen-bond acceptors (Lipinski definition) is 7. The first-order chi connectivity index (χ1) is 23.1. The normalized spacial score (nSPS) is 22.3. The van der Waals surface area contributed by atoms with Gasteiger partial charge in [0.2, 0.25) is 17.6 Å². The van der Waals surface area contributed by atoms with Gasteiger partial charge in [-0.2, -0.15) is 0 Å². The van der Waals surface area contributed by atoms with Crippen LogP contribution >= 0.6 is 0 Å². The molecule has 0 spiro atoms. The summed E-state index contributed by atoms with van der Waals surface area (Å²) < 4.78 is 25.6. The molecular weight excluding hydrogens is 659 g/mol. The van der Waals surface area contributed by atoms with Crippen LogP contribution in [0.25, 0.3) is 0 Å². The zero-order valence-corrected chi connectivity index (χ0v) is 32.5. The van der Waals surface area contributed by atoms with Crippen LogP contribution < -0.4 is 21.3 Å². The van der Waals surface area contributed by atoms with Gasteiger partial charge in [0.15, 0.2) is 9.84 Å². The monoisotopic (exact) mass is 721 g/mol. The lowest BCUT2D eigenvalue weighted by Crippen LogP contribution is -2.64. The average Bonchev–Trinajstić information content (AvgIpc) is 3.73. The highest BCUT2D eigenvalue weighted by molar-refractivity contribution is 7.92. The zero-order chi connectivity index (χ0) is 37.7. The number of Topliss-reactive ketones (excluding diaryl/α,β-unsaturated/α-hetero) is 1. The number of nitrogens with zero attached hydrogens (tertiary/aromatic N) is 1. The molecule has 13 heteroatoms. The highest BCUT2D eigenvalue weighted by Crippen LogP contribution is 2.36. The molecule has 3 rings (SSSR count). The first-order valence-corrected chi connectivity index (χ1v) is 20.1. The summed E-state index contributed by atoms with van der Waals surface area (Å²) >= 11 is 0. The summed E-state index contributed by atoms with van der Waals surface area (Å²) in [7, 11) is -3.57. The Bertz CT molecular complexity index is 1370. The third-order valence-corrected chi connectivity index (χ3v) is 13.5. The van der Waals surface area contributed by atoms with Crippen molar-refractivity contribution in [2.45, 2.75) is 148 Å². The van der Waals surface area contributed by atoms with Crippen molar-refractivity contribution < 1.29 is 32.4 Å². The fourth-order valence-electron chi connectivity index (χ4n) is 7.18. The lowest BCUT2D eigenvalue weighted by atomic mass is 9.83. The predicted molar refractivity (Wildman–Crippen MR) is 195 cm³/mol. The van der Waals surface area contributed by atoms with Crippen LogP contribution in [0.4, 0.5) is 4.79 Å². The van der Waals surface area contributed by atoms with Gasteiger partial charge in [-0.1, -0.05) is 72.8 Å². The molecule has 0 aromatic carbocycles. The highest BCUT2D eigenvalue weighted by atomic mass is 32.2. The third-order valence-electron chi connectivity index (χ3n) is 10.7. The lowest BCUT2D eigenvalue weighted by Gasteiger charge is -2.41. The Morgan fingerprint density at radius 1 is 0.940 bits per heavy atom. The molecule has 4 atom stereocenters. The van der Waals surface area contributed by atoms with Crippen molar-refractivity contribution in [2.75, 3.05) is 18.8 Å². The minimum Gasteiger partial charge on any atom is -0.346 e. The molecule has 1 saturated heterocycles. The number of hydrogen-bond donors (Lipinski definition) is 4. The SMILES string of the molecule is C=CCNC(=O)C(=O)[C@H](CCC1CC1)NC(=O)[C@@H]1[C@@H](C(C)C)CCN1C(=O)[C@@H](NC(=O)NC1(CS(=O)(=O)C(C)(C)C)CCCCC1)C(C)(C)C. The maximum atomic E-state index is 14.5. The summed E-state index contributed by atoms with van der Waals surface area (Å²) in [6.45, 7) is 18.4. The van der Waals surface area contributed by atoms with E-state index in [4.69, 9.17) is 0 Å². The van der Waals surface area contributed by atoms with Gasteiger partial charge in [0.05, 0.1) is 22.1 Å². The van der Waals surface area contributed by atoms with Crippen LogP contribution in [0, 0.1) is 23.2 Å². The van der Waals surface area contributed by atoms with Gasteiger partial charge in [-0.05, 0) is 76.0 Å². The number of nitrogens with one attached hydrogen (secondary N) is 4. The van der Waals surface area contributed by atoms with Crippen molar-refractivity contribution in [3.8, 4) is 0 Å². The standard InChI is InChI=1S/C37H63N5O7S/c1-10-21-38-32(45)29(43)27(17-16-25-14-15-25)39-31(44)28-26(24(2)3)18-22-42(28)33(46)30(35(4,5)6)40-34(47)41-37(19-12-11-13-20-37)23-50(48,49)36(7,8)9/h10,24-28,30H,1,11-23H2,2-9H3,(H,38,45)(H,39,44)(H2,40,41,47)/t26-,27+,28+,30-/m1/s1. The van der Waals surface area contributed by atoms with E-state index in [2.05, 4.69) is 27.8 Å². The van der Waals surface area contributed by atoms with Crippen LogP contribution in [0.1, 0.15) is 120 Å². The Morgan fingerprint density at radius 2 is 1.56 bits per heavy atom. The van der Waals surface area contributed by atoms with E-state index in [1.54, 1.807) is 20.8 Å². The van der Waals surface area contributed by atoms with E-state index in [0.717, 1.165) is 32.1 Å². The van der Waals surface area contributed by atoms with Crippen LogP contribution in [-0.4, -0.2) is 90.1 Å². The van der Waals surface area contributed by atoms with E-state index in [1.807, 2.05) is 34.6 Å². The first-order valence-electron chi connectivity index (χ1n) is 18.5. The number of sulfone groups is 1. The molecule has 5 amide bonds. The summed E-state index contributed by atoms with van der Waals surface area (Å²) in [6.07, 6.45) is 8.71. The van der Waals surface area contributed by atoms with Crippen molar-refractivity contribution >= 4 is 39.4 Å². The van der Waals surface area contributed by atoms with Crippen LogP contribution in [0.2, 0.25) is 0 Å². The fraction of sp³-hybridized carbons (Fsp3) is 0.811. The van der Waals surface area contributed by atoms with Crippen molar-refractivity contribution in [1.82, 2.24) is 26.2 Å². The van der Waals surface area contributed by atoms with Crippen molar-refractivity contribution in [3.63, 3.8) is 0 Å². The lowest BCUT2D eigenvalue weighted by molar-refractivity contribution is -0.144. The molecule has 1 heterocycles. The summed E-state index contributed by atoms with van der Waals surface area (Å²) in [6, 6.07) is -3.61. The number of urea groups is 1. The van der Waals surface area contributed by atoms with E-state index >= 15 is 0 Å². The van der Waals surface area contributed by atoms with E-state index in [0.29, 0.717) is 38.0 Å². The second kappa shape index (κ2) is 16.6. The van der Waals surface area contributed by atoms with Gasteiger partial charge in [-0.15, -0.1) is 6.58 Å². The zero-order valence-electron chi connectivity index (χ0n) is 31.7. The van der Waals surface area contributed by atoms with E-state index in [-0.39, 0.29) is 30.7 Å². The second-order valence-corrected chi connectivity index (χ2v) is 20.0. The minimum absolute atomic E-state index is 0.0281. The molecule has 284 valence electrons. The molecular formula is C37H63N5O7S. The Hall–Kier alpha value is -2.96. The Labute approximate surface area is 300 Å². The van der Waals surface area contributed by atoms with Gasteiger partial charge >= 0.3 is 6.03 Å². The van der Waals surface area contributed by atoms with Crippen molar-refractivity contribution in [2.24, 2.45) is 23.2 Å². The first kappa shape index (κ1) is 41.5. The topological polar surface area (TPSA) is 171 Å². The van der Waals surface area contributed by atoms with Gasteiger partial charge in [0.25, 0.3) is 5.91 Å². The molecule has 3 aliphatic rings. The number of likely N-dealkylation sites (tertiary alicyclic amines) is 1. The molecule has 2 aliphatic carbocycles. The van der Waals surface area contributed by atoms with Crippen molar-refractivity contribution in [1.29, 1.82) is 0 Å². The maximum absolute atomic E-state index is 14.5. The van der Waals surface area contributed by atoms with Crippen LogP contribution in [-0.2, 0) is 29.0 Å². The number of amides is 5. The summed E-state index contributed by atoms with van der Waals surface area (Å²) in [5, 5.41) is 11.3. The van der Waals surface area contributed by atoms with Gasteiger partial charge in [-0.3, -0.25) is 19.2 Å². The molecule has 0 bridgehead atoms. The quantitative estimate of drug-likeness (QED) is 0.146. The molecule has 50 heavy (non-hydrogen) atoms. The summed E-state index contributed by atoms with van der Waals surface area (Å²) in [5.74, 6) is -2.35. The number of carbonyl (C=O) groups is 5. The predicted octanol–water partition coefficient (Wildman–Crippen LogP) is 4.04. The molecule has 3 fully saturated rings. The Kier molecular flexibility index (Phi) is 13.8. The van der Waals surface area contributed by atoms with Crippen LogP contribution in [0.15, 0.2) is 12.7 Å². The molecule has 12 nitrogen and oxygen atoms in total. The molecule has 4 N–H and O–H groups in total. The maximum Gasteiger partial charge on any atom is 0.315 e. The van der Waals surface area contributed by atoms with Gasteiger partial charge in [0, 0.05) is 13.1 Å². The van der Waals surface area contributed by atoms with Gasteiger partial charge in [-0.25, -0.2) is 13.2 Å². The van der Waals surface area contributed by atoms with Gasteiger partial charge < -0.3 is 26.2 Å². The molecule has 1 aliphatic heterocycles. The van der Waals surface area contributed by atoms with Crippen LogP contribution in [0.5, 0.6) is 0 Å². The van der Waals surface area contributed by atoms with E-state index in [1.165, 1.54) is 11.0 Å². The number of ketones is 1. The fourth-order valence-corrected chi connectivity index (χ4v) is 8.70. The molecule has 0 radical (unpaired) electrons. The Balaban J connectivity index is 1.86. The Morgan fingerprint density at radius 3 is 2.08 bits per heavy atom. The molecule has 2 saturated carbocycles. The molecule has 0 aromatic heterocycles. The number of carbonyl (C=O) groups excluding carboxylic acids is 5. The molecule has 0 unspecified atom stereocenters. The molecule has 0 aromatic rings. The van der Waals surface area contributed by atoms with Crippen molar-refractivity contribution in [3.05, 3.63) is 12.7 Å². The summed E-state index contributed by atoms with van der Waals surface area (Å²) in [4.78, 5) is 69.8. The van der Waals surface area contributed by atoms with Gasteiger partial charge in [0.1, 0.15) is 12.1 Å². The van der Waals surface area contributed by atoms with E-state index < -0.39 is 73.2 Å². The summed E-state index contributed by atoms with van der Waals surface area (Å²) in [5.41, 5.74) is -1.73. The van der Waals surface area contributed by atoms with E-state index in [9.17, 15) is 32.4 Å². The smallest absolute Gasteiger partial charge is 0.315 e.